The molecule has 0 amide bonds. The molecule has 0 fully saturated rings. The molecule has 14 heavy (non-hydrogen) atoms. The molecule has 0 radical (unpaired) electrons. The molecule has 1 aromatic rings. The van der Waals surface area contributed by atoms with Gasteiger partial charge in [0.1, 0.15) is 5.75 Å². The fourth-order valence-electron chi connectivity index (χ4n) is 0.743. The van der Waals surface area contributed by atoms with Crippen LogP contribution < -0.4 is 4.74 Å². The molecule has 7 heteroatoms. The van der Waals surface area contributed by atoms with E-state index in [0.717, 1.165) is 6.07 Å². The maximum Gasteiger partial charge on any atom is 0.573 e. The van der Waals surface area contributed by atoms with E-state index in [1.807, 2.05) is 0 Å². The van der Waals surface area contributed by atoms with Crippen molar-refractivity contribution in [3.63, 3.8) is 0 Å². The van der Waals surface area contributed by atoms with Crippen LogP contribution in [0.4, 0.5) is 17.6 Å². The summed E-state index contributed by atoms with van der Waals surface area (Å²) in [6.07, 6.45) is -4.87. The topological polar surface area (TPSA) is 29.5 Å². The molecular weight excluding hydrogens is 272 g/mol. The predicted octanol–water partition coefficient (Wildman–Crippen LogP) is 3.19. The lowest BCUT2D eigenvalue weighted by atomic mass is 10.3. The van der Waals surface area contributed by atoms with Crippen LogP contribution in [0.1, 0.15) is 0 Å². The minimum Gasteiger partial charge on any atom is -0.505 e. The molecule has 0 atom stereocenters. The first-order valence-electron chi connectivity index (χ1n) is 3.23. The Balaban J connectivity index is 3.02. The van der Waals surface area contributed by atoms with E-state index in [2.05, 4.69) is 20.7 Å². The highest BCUT2D eigenvalue weighted by Gasteiger charge is 2.31. The molecule has 1 aromatic carbocycles. The molecule has 0 saturated heterocycles. The van der Waals surface area contributed by atoms with E-state index in [1.165, 1.54) is 0 Å². The van der Waals surface area contributed by atoms with Gasteiger partial charge >= 0.3 is 6.36 Å². The van der Waals surface area contributed by atoms with Crippen molar-refractivity contribution >= 4 is 15.9 Å². The van der Waals surface area contributed by atoms with Gasteiger partial charge in [0.2, 0.25) is 0 Å². The zero-order chi connectivity index (χ0) is 10.9. The quantitative estimate of drug-likeness (QED) is 0.797. The molecule has 0 aliphatic rings. The lowest BCUT2D eigenvalue weighted by Gasteiger charge is -2.09. The maximum absolute atomic E-state index is 12.7. The summed E-state index contributed by atoms with van der Waals surface area (Å²) in [7, 11) is 0. The number of hydrogen-bond acceptors (Lipinski definition) is 2. The Bertz CT molecular complexity index is 327. The smallest absolute Gasteiger partial charge is 0.505 e. The van der Waals surface area contributed by atoms with E-state index >= 15 is 0 Å². The Morgan fingerprint density at radius 3 is 2.29 bits per heavy atom. The molecule has 0 aliphatic carbocycles. The van der Waals surface area contributed by atoms with E-state index in [0.29, 0.717) is 6.07 Å². The number of phenols is 1. The molecule has 0 aliphatic heterocycles. The fourth-order valence-corrected chi connectivity index (χ4v) is 1.17. The average molecular weight is 275 g/mol. The summed E-state index contributed by atoms with van der Waals surface area (Å²) in [5.74, 6) is -2.65. The van der Waals surface area contributed by atoms with E-state index in [4.69, 9.17) is 5.11 Å². The molecule has 1 rings (SSSR count). The van der Waals surface area contributed by atoms with Crippen molar-refractivity contribution < 1.29 is 27.4 Å². The van der Waals surface area contributed by atoms with Crippen molar-refractivity contribution in [2.45, 2.75) is 6.36 Å². The number of hydrogen-bond donors (Lipinski definition) is 1. The maximum atomic E-state index is 12.7. The number of alkyl halides is 3. The Labute approximate surface area is 84.2 Å². The highest BCUT2D eigenvalue weighted by molar-refractivity contribution is 9.10. The molecule has 0 bridgehead atoms. The van der Waals surface area contributed by atoms with Crippen LogP contribution in [0.3, 0.4) is 0 Å². The standard InChI is InChI=1S/C7H3BrF4O2/c8-4-1-3(14-7(10,11)12)2-5(13)6(4)9/h1-2,13H. The highest BCUT2D eigenvalue weighted by atomic mass is 79.9. The average Bonchev–Trinajstić information content (AvgIpc) is 1.96. The van der Waals surface area contributed by atoms with Crippen LogP contribution in [0.25, 0.3) is 0 Å². The summed E-state index contributed by atoms with van der Waals surface area (Å²) in [6.45, 7) is 0. The van der Waals surface area contributed by atoms with Gasteiger partial charge in [-0.3, -0.25) is 0 Å². The molecule has 0 aromatic heterocycles. The second-order valence-electron chi connectivity index (χ2n) is 2.29. The van der Waals surface area contributed by atoms with Gasteiger partial charge in [0.25, 0.3) is 0 Å². The van der Waals surface area contributed by atoms with E-state index in [9.17, 15) is 17.6 Å². The number of rotatable bonds is 1. The fraction of sp³-hybridized carbons (Fsp3) is 0.143. The van der Waals surface area contributed by atoms with Crippen molar-refractivity contribution in [3.8, 4) is 11.5 Å². The number of aromatic hydroxyl groups is 1. The van der Waals surface area contributed by atoms with E-state index in [1.54, 1.807) is 0 Å². The van der Waals surface area contributed by atoms with Crippen LogP contribution in [-0.4, -0.2) is 11.5 Å². The van der Waals surface area contributed by atoms with Crippen molar-refractivity contribution in [1.29, 1.82) is 0 Å². The van der Waals surface area contributed by atoms with Gasteiger partial charge in [0.15, 0.2) is 11.6 Å². The monoisotopic (exact) mass is 274 g/mol. The van der Waals surface area contributed by atoms with Crippen molar-refractivity contribution in [3.05, 3.63) is 22.4 Å². The molecule has 1 N–H and O–H groups in total. The first kappa shape index (κ1) is 11.1. The van der Waals surface area contributed by atoms with E-state index in [-0.39, 0.29) is 4.47 Å². The first-order valence-corrected chi connectivity index (χ1v) is 4.02. The second kappa shape index (κ2) is 3.64. The summed E-state index contributed by atoms with van der Waals surface area (Å²) < 4.78 is 50.9. The van der Waals surface area contributed by atoms with Gasteiger partial charge in [0.05, 0.1) is 4.47 Å². The van der Waals surface area contributed by atoms with Crippen molar-refractivity contribution in [2.24, 2.45) is 0 Å². The third kappa shape index (κ3) is 2.76. The van der Waals surface area contributed by atoms with E-state index < -0.39 is 23.7 Å². The second-order valence-corrected chi connectivity index (χ2v) is 3.14. The number of halogens is 5. The molecular formula is C7H3BrF4O2. The van der Waals surface area contributed by atoms with Crippen LogP contribution in [-0.2, 0) is 0 Å². The van der Waals surface area contributed by atoms with Gasteiger partial charge in [-0.15, -0.1) is 13.2 Å². The SMILES string of the molecule is Oc1cc(OC(F)(F)F)cc(Br)c1F. The van der Waals surface area contributed by atoms with Gasteiger partial charge in [-0.2, -0.15) is 0 Å². The summed E-state index contributed by atoms with van der Waals surface area (Å²) >= 11 is 2.62. The minimum atomic E-state index is -4.87. The highest BCUT2D eigenvalue weighted by Crippen LogP contribution is 2.32. The summed E-state index contributed by atoms with van der Waals surface area (Å²) in [4.78, 5) is 0. The third-order valence-corrected chi connectivity index (χ3v) is 1.79. The summed E-state index contributed by atoms with van der Waals surface area (Å²) in [5.41, 5.74) is 0. The van der Waals surface area contributed by atoms with Gasteiger partial charge in [-0.25, -0.2) is 4.39 Å². The Hall–Kier alpha value is -0.980. The minimum absolute atomic E-state index is 0.309. The molecule has 0 heterocycles. The lowest BCUT2D eigenvalue weighted by molar-refractivity contribution is -0.274. The van der Waals surface area contributed by atoms with Crippen molar-refractivity contribution in [1.82, 2.24) is 0 Å². The zero-order valence-electron chi connectivity index (χ0n) is 6.40. The van der Waals surface area contributed by atoms with Gasteiger partial charge in [-0.1, -0.05) is 0 Å². The normalized spacial score (nSPS) is 11.5. The number of phenolic OH excluding ortho intramolecular Hbond substituents is 1. The molecule has 2 nitrogen and oxygen atoms in total. The summed E-state index contributed by atoms with van der Waals surface area (Å²) in [5, 5.41) is 8.83. The molecule has 0 unspecified atom stereocenters. The zero-order valence-corrected chi connectivity index (χ0v) is 7.99. The predicted molar refractivity (Wildman–Crippen MR) is 42.4 cm³/mol. The largest absolute Gasteiger partial charge is 0.573 e. The van der Waals surface area contributed by atoms with Crippen LogP contribution in [0, 0.1) is 5.82 Å². The van der Waals surface area contributed by atoms with Gasteiger partial charge in [0, 0.05) is 6.07 Å². The van der Waals surface area contributed by atoms with Crippen LogP contribution in [0.5, 0.6) is 11.5 Å². The van der Waals surface area contributed by atoms with Gasteiger partial charge in [-0.05, 0) is 22.0 Å². The van der Waals surface area contributed by atoms with Crippen LogP contribution in [0.2, 0.25) is 0 Å². The van der Waals surface area contributed by atoms with Crippen LogP contribution in [0.15, 0.2) is 16.6 Å². The Kier molecular flexibility index (Phi) is 2.89. The number of benzene rings is 1. The third-order valence-electron chi connectivity index (χ3n) is 1.22. The number of ether oxygens (including phenoxy) is 1. The Morgan fingerprint density at radius 2 is 1.86 bits per heavy atom. The lowest BCUT2D eigenvalue weighted by Crippen LogP contribution is -2.17. The first-order chi connectivity index (χ1) is 6.29. The van der Waals surface area contributed by atoms with Crippen molar-refractivity contribution in [2.75, 3.05) is 0 Å². The molecule has 78 valence electrons. The Morgan fingerprint density at radius 1 is 1.29 bits per heavy atom. The molecule has 0 spiro atoms. The van der Waals surface area contributed by atoms with Crippen LogP contribution >= 0.6 is 15.9 Å². The van der Waals surface area contributed by atoms with Gasteiger partial charge < -0.3 is 9.84 Å². The molecule has 0 saturated carbocycles. The summed E-state index contributed by atoms with van der Waals surface area (Å²) in [6, 6.07) is 1.30.